The molecule has 0 unspecified atom stereocenters. The van der Waals surface area contributed by atoms with Gasteiger partial charge in [-0.3, -0.25) is 4.79 Å². The van der Waals surface area contributed by atoms with E-state index in [4.69, 9.17) is 23.2 Å². The molecule has 0 fully saturated rings. The normalized spacial score (nSPS) is 14.6. The zero-order valence-corrected chi connectivity index (χ0v) is 12.7. The van der Waals surface area contributed by atoms with Crippen molar-refractivity contribution >= 4 is 34.8 Å². The van der Waals surface area contributed by atoms with Gasteiger partial charge in [0.05, 0.1) is 0 Å². The number of rotatable bonds is 2. The zero-order chi connectivity index (χ0) is 14.8. The van der Waals surface area contributed by atoms with E-state index in [2.05, 4.69) is 0 Å². The lowest BCUT2D eigenvalue weighted by Gasteiger charge is -2.23. The third-order valence-corrected chi connectivity index (χ3v) is 4.11. The van der Waals surface area contributed by atoms with Gasteiger partial charge < -0.3 is 4.90 Å². The van der Waals surface area contributed by atoms with Crippen molar-refractivity contribution < 1.29 is 4.79 Å². The maximum absolute atomic E-state index is 11.9. The first-order valence-corrected chi connectivity index (χ1v) is 7.45. The van der Waals surface area contributed by atoms with Gasteiger partial charge in [0.25, 0.3) is 5.91 Å². The molecule has 1 aliphatic heterocycles. The van der Waals surface area contributed by atoms with E-state index in [0.29, 0.717) is 16.6 Å². The summed E-state index contributed by atoms with van der Waals surface area (Å²) in [5.74, 6) is 0.0183. The molecule has 0 bridgehead atoms. The first-order chi connectivity index (χ1) is 10.2. The minimum absolute atomic E-state index is 0.0183. The quantitative estimate of drug-likeness (QED) is 0.767. The minimum atomic E-state index is 0.0183. The molecule has 0 atom stereocenters. The van der Waals surface area contributed by atoms with E-state index >= 15 is 0 Å². The molecule has 21 heavy (non-hydrogen) atoms. The van der Waals surface area contributed by atoms with Crippen molar-refractivity contribution in [1.82, 2.24) is 0 Å². The predicted molar refractivity (Wildman–Crippen MR) is 88.0 cm³/mol. The first kappa shape index (κ1) is 14.2. The topological polar surface area (TPSA) is 20.3 Å². The summed E-state index contributed by atoms with van der Waals surface area (Å²) < 4.78 is 0. The van der Waals surface area contributed by atoms with Crippen LogP contribution in [0.1, 0.15) is 6.42 Å². The van der Waals surface area contributed by atoms with E-state index in [1.54, 1.807) is 11.0 Å². The van der Waals surface area contributed by atoms with Crippen LogP contribution in [0.4, 0.5) is 5.69 Å². The van der Waals surface area contributed by atoms with Crippen LogP contribution in [0.3, 0.4) is 0 Å². The van der Waals surface area contributed by atoms with Crippen LogP contribution in [0.15, 0.2) is 54.6 Å². The maximum Gasteiger partial charge on any atom is 0.250 e. The largest absolute Gasteiger partial charge is 0.309 e. The van der Waals surface area contributed by atoms with E-state index in [1.807, 2.05) is 48.5 Å². The molecule has 0 spiro atoms. The second-order valence-corrected chi connectivity index (χ2v) is 5.64. The van der Waals surface area contributed by atoms with Crippen LogP contribution in [0.5, 0.6) is 0 Å². The maximum atomic E-state index is 11.9. The summed E-state index contributed by atoms with van der Waals surface area (Å²) in [6, 6.07) is 13.2. The van der Waals surface area contributed by atoms with Crippen molar-refractivity contribution in [3.05, 3.63) is 64.7 Å². The molecule has 0 aromatic heterocycles. The highest BCUT2D eigenvalue weighted by atomic mass is 35.5. The molecule has 1 amide bonds. The third-order valence-electron chi connectivity index (χ3n) is 3.48. The van der Waals surface area contributed by atoms with Crippen LogP contribution < -0.4 is 4.90 Å². The SMILES string of the molecule is O=C1C=CCCN1c1ccc(-c2c(Cl)cccc2Cl)cc1. The highest BCUT2D eigenvalue weighted by Gasteiger charge is 2.16. The molecule has 2 aromatic carbocycles. The Morgan fingerprint density at radius 1 is 0.952 bits per heavy atom. The van der Waals surface area contributed by atoms with Crippen LogP contribution >= 0.6 is 23.2 Å². The van der Waals surface area contributed by atoms with Crippen LogP contribution in [0.25, 0.3) is 11.1 Å². The number of benzene rings is 2. The fraction of sp³-hybridized carbons (Fsp3) is 0.118. The Balaban J connectivity index is 1.94. The van der Waals surface area contributed by atoms with Crippen molar-refractivity contribution in [2.24, 2.45) is 0 Å². The van der Waals surface area contributed by atoms with Gasteiger partial charge in [0, 0.05) is 27.8 Å². The van der Waals surface area contributed by atoms with Gasteiger partial charge in [0.1, 0.15) is 0 Å². The third kappa shape index (κ3) is 2.82. The molecule has 4 heteroatoms. The standard InChI is InChI=1S/C17H13Cl2NO/c18-14-4-3-5-15(19)17(14)12-7-9-13(10-8-12)20-11-2-1-6-16(20)21/h1,3-10H,2,11H2. The molecule has 0 N–H and O–H groups in total. The predicted octanol–water partition coefficient (Wildman–Crippen LogP) is 4.95. The van der Waals surface area contributed by atoms with Gasteiger partial charge in [-0.05, 0) is 42.3 Å². The van der Waals surface area contributed by atoms with E-state index in [9.17, 15) is 4.79 Å². The first-order valence-electron chi connectivity index (χ1n) is 6.69. The van der Waals surface area contributed by atoms with Gasteiger partial charge in [0.15, 0.2) is 0 Å². The molecular formula is C17H13Cl2NO. The number of anilines is 1. The summed E-state index contributed by atoms with van der Waals surface area (Å²) in [7, 11) is 0. The number of nitrogens with zero attached hydrogens (tertiary/aromatic N) is 1. The molecule has 1 aliphatic rings. The van der Waals surface area contributed by atoms with Gasteiger partial charge >= 0.3 is 0 Å². The van der Waals surface area contributed by atoms with Gasteiger partial charge in [-0.1, -0.05) is 47.5 Å². The number of hydrogen-bond donors (Lipinski definition) is 0. The van der Waals surface area contributed by atoms with E-state index < -0.39 is 0 Å². The number of amides is 1. The number of carbonyl (C=O) groups excluding carboxylic acids is 1. The van der Waals surface area contributed by atoms with Crippen LogP contribution in [-0.2, 0) is 4.79 Å². The Morgan fingerprint density at radius 2 is 1.62 bits per heavy atom. The Hall–Kier alpha value is -1.77. The van der Waals surface area contributed by atoms with Gasteiger partial charge in [-0.2, -0.15) is 0 Å². The number of hydrogen-bond acceptors (Lipinski definition) is 1. The average Bonchev–Trinajstić information content (AvgIpc) is 2.48. The van der Waals surface area contributed by atoms with Crippen LogP contribution in [0.2, 0.25) is 10.0 Å². The lowest BCUT2D eigenvalue weighted by atomic mass is 10.0. The minimum Gasteiger partial charge on any atom is -0.309 e. The fourth-order valence-corrected chi connectivity index (χ4v) is 3.04. The highest BCUT2D eigenvalue weighted by molar-refractivity contribution is 6.39. The summed E-state index contributed by atoms with van der Waals surface area (Å²) in [6.07, 6.45) is 4.39. The van der Waals surface area contributed by atoms with Crippen LogP contribution in [-0.4, -0.2) is 12.5 Å². The van der Waals surface area contributed by atoms with Gasteiger partial charge in [-0.25, -0.2) is 0 Å². The summed E-state index contributed by atoms with van der Waals surface area (Å²) in [6.45, 7) is 0.710. The lowest BCUT2D eigenvalue weighted by molar-refractivity contribution is -0.114. The molecule has 2 nitrogen and oxygen atoms in total. The summed E-state index contributed by atoms with van der Waals surface area (Å²) in [4.78, 5) is 13.6. The number of halogens is 2. The lowest BCUT2D eigenvalue weighted by Crippen LogP contribution is -2.32. The van der Waals surface area contributed by atoms with E-state index in [1.165, 1.54) is 0 Å². The molecule has 2 aromatic rings. The highest BCUT2D eigenvalue weighted by Crippen LogP contribution is 2.35. The molecule has 0 saturated heterocycles. The summed E-state index contributed by atoms with van der Waals surface area (Å²) in [5.41, 5.74) is 2.64. The molecule has 0 saturated carbocycles. The molecule has 0 radical (unpaired) electrons. The van der Waals surface area contributed by atoms with Crippen LogP contribution in [0, 0.1) is 0 Å². The fourth-order valence-electron chi connectivity index (χ4n) is 2.43. The zero-order valence-electron chi connectivity index (χ0n) is 11.2. The Morgan fingerprint density at radius 3 is 2.24 bits per heavy atom. The monoisotopic (exact) mass is 317 g/mol. The van der Waals surface area contributed by atoms with Gasteiger partial charge in [-0.15, -0.1) is 0 Å². The van der Waals surface area contributed by atoms with Crippen molar-refractivity contribution in [3.8, 4) is 11.1 Å². The second-order valence-electron chi connectivity index (χ2n) is 4.82. The molecule has 0 aliphatic carbocycles. The summed E-state index contributed by atoms with van der Waals surface area (Å²) >= 11 is 12.4. The average molecular weight is 318 g/mol. The summed E-state index contributed by atoms with van der Waals surface area (Å²) in [5, 5.41) is 1.24. The Labute approximate surface area is 133 Å². The van der Waals surface area contributed by atoms with Crippen molar-refractivity contribution in [2.75, 3.05) is 11.4 Å². The van der Waals surface area contributed by atoms with E-state index in [-0.39, 0.29) is 5.91 Å². The van der Waals surface area contributed by atoms with Crippen molar-refractivity contribution in [2.45, 2.75) is 6.42 Å². The Bertz CT molecular complexity index is 687. The number of carbonyl (C=O) groups is 1. The molecule has 3 rings (SSSR count). The van der Waals surface area contributed by atoms with Crippen molar-refractivity contribution in [1.29, 1.82) is 0 Å². The van der Waals surface area contributed by atoms with Gasteiger partial charge in [0.2, 0.25) is 0 Å². The van der Waals surface area contributed by atoms with Crippen molar-refractivity contribution in [3.63, 3.8) is 0 Å². The molecule has 106 valence electrons. The second kappa shape index (κ2) is 5.92. The molecular weight excluding hydrogens is 305 g/mol. The Kier molecular flexibility index (Phi) is 4.00. The van der Waals surface area contributed by atoms with E-state index in [0.717, 1.165) is 23.2 Å². The molecule has 1 heterocycles. The smallest absolute Gasteiger partial charge is 0.250 e.